The van der Waals surface area contributed by atoms with Gasteiger partial charge in [0.2, 0.25) is 0 Å². The van der Waals surface area contributed by atoms with Gasteiger partial charge in [-0.05, 0) is 12.0 Å². The van der Waals surface area contributed by atoms with Crippen LogP contribution in [0, 0.1) is 0 Å². The molecule has 2 atom stereocenters. The van der Waals surface area contributed by atoms with E-state index in [1.54, 1.807) is 0 Å². The Morgan fingerprint density at radius 2 is 1.95 bits per heavy atom. The first-order chi connectivity index (χ1) is 8.88. The van der Waals surface area contributed by atoms with Gasteiger partial charge in [-0.2, -0.15) is 11.8 Å². The average Bonchev–Trinajstić information content (AvgIpc) is 2.34. The number of benzene rings is 1. The van der Waals surface area contributed by atoms with Crippen LogP contribution >= 0.6 is 11.8 Å². The second-order valence-electron chi connectivity index (χ2n) is 4.63. The number of sulfone groups is 1. The Labute approximate surface area is 119 Å². The molecule has 2 unspecified atom stereocenters. The van der Waals surface area contributed by atoms with E-state index in [9.17, 15) is 13.5 Å². The van der Waals surface area contributed by atoms with Crippen molar-refractivity contribution in [3.63, 3.8) is 0 Å². The van der Waals surface area contributed by atoms with E-state index in [1.807, 2.05) is 30.3 Å². The van der Waals surface area contributed by atoms with E-state index in [0.29, 0.717) is 17.9 Å². The predicted octanol–water partition coefficient (Wildman–Crippen LogP) is 0.695. The maximum atomic E-state index is 11.0. The van der Waals surface area contributed by atoms with Crippen molar-refractivity contribution in [2.45, 2.75) is 18.6 Å². The number of aliphatic hydroxyl groups excluding tert-OH is 1. The highest BCUT2D eigenvalue weighted by molar-refractivity contribution is 8.00. The van der Waals surface area contributed by atoms with Gasteiger partial charge in [0.1, 0.15) is 9.84 Å². The molecule has 1 aromatic carbocycles. The van der Waals surface area contributed by atoms with Gasteiger partial charge in [0.05, 0.1) is 11.9 Å². The van der Waals surface area contributed by atoms with Gasteiger partial charge in [-0.1, -0.05) is 30.3 Å². The van der Waals surface area contributed by atoms with Gasteiger partial charge in [-0.15, -0.1) is 0 Å². The van der Waals surface area contributed by atoms with E-state index in [0.717, 1.165) is 5.56 Å². The summed E-state index contributed by atoms with van der Waals surface area (Å²) < 4.78 is 21.9. The van der Waals surface area contributed by atoms with E-state index in [1.165, 1.54) is 18.0 Å². The zero-order valence-corrected chi connectivity index (χ0v) is 12.7. The van der Waals surface area contributed by atoms with Crippen LogP contribution in [0.2, 0.25) is 0 Å². The minimum absolute atomic E-state index is 0.137. The third-order valence-corrected chi connectivity index (χ3v) is 4.97. The molecule has 4 nitrogen and oxygen atoms in total. The average molecular weight is 303 g/mol. The van der Waals surface area contributed by atoms with Gasteiger partial charge in [0, 0.05) is 23.8 Å². The Kier molecular flexibility index (Phi) is 6.85. The minimum Gasteiger partial charge on any atom is -0.391 e. The van der Waals surface area contributed by atoms with E-state index in [2.05, 4.69) is 0 Å². The van der Waals surface area contributed by atoms with Crippen molar-refractivity contribution in [3.05, 3.63) is 35.9 Å². The molecule has 3 N–H and O–H groups in total. The molecular weight excluding hydrogens is 282 g/mol. The van der Waals surface area contributed by atoms with Crippen molar-refractivity contribution >= 4 is 21.6 Å². The van der Waals surface area contributed by atoms with Crippen molar-refractivity contribution < 1.29 is 13.5 Å². The molecule has 0 amide bonds. The Morgan fingerprint density at radius 1 is 1.32 bits per heavy atom. The molecule has 1 rings (SSSR count). The molecule has 0 spiro atoms. The molecule has 108 valence electrons. The van der Waals surface area contributed by atoms with E-state index in [-0.39, 0.29) is 11.8 Å². The molecule has 0 bridgehead atoms. The van der Waals surface area contributed by atoms with Crippen molar-refractivity contribution in [1.29, 1.82) is 0 Å². The second kappa shape index (κ2) is 7.89. The molecule has 0 aliphatic rings. The number of hydrogen-bond donors (Lipinski definition) is 2. The van der Waals surface area contributed by atoms with Crippen molar-refractivity contribution in [3.8, 4) is 0 Å². The standard InChI is InChI=1S/C13H21NO3S2/c1-19(16,17)8-7-18-10-13(15)12(14)9-11-5-3-2-4-6-11/h2-6,12-13,15H,7-10,14H2,1H3. The fourth-order valence-corrected chi connectivity index (χ4v) is 3.90. The highest BCUT2D eigenvalue weighted by Crippen LogP contribution is 2.10. The molecule has 0 aromatic heterocycles. The molecule has 0 heterocycles. The van der Waals surface area contributed by atoms with E-state index >= 15 is 0 Å². The zero-order valence-electron chi connectivity index (χ0n) is 11.0. The molecular formula is C13H21NO3S2. The molecule has 0 saturated carbocycles. The summed E-state index contributed by atoms with van der Waals surface area (Å²) in [5.41, 5.74) is 7.03. The summed E-state index contributed by atoms with van der Waals surface area (Å²) in [5, 5.41) is 9.91. The third-order valence-electron chi connectivity index (χ3n) is 2.70. The summed E-state index contributed by atoms with van der Waals surface area (Å²) in [6.45, 7) is 0. The quantitative estimate of drug-likeness (QED) is 0.691. The molecule has 0 aliphatic heterocycles. The SMILES string of the molecule is CS(=O)(=O)CCSCC(O)C(N)Cc1ccccc1. The van der Waals surface area contributed by atoms with Crippen molar-refractivity contribution in [2.75, 3.05) is 23.5 Å². The van der Waals surface area contributed by atoms with Crippen molar-refractivity contribution in [2.24, 2.45) is 5.73 Å². The number of rotatable bonds is 8. The second-order valence-corrected chi connectivity index (χ2v) is 8.04. The van der Waals surface area contributed by atoms with E-state index in [4.69, 9.17) is 5.73 Å². The van der Waals surface area contributed by atoms with Crippen LogP contribution in [0.3, 0.4) is 0 Å². The molecule has 0 fully saturated rings. The number of hydrogen-bond acceptors (Lipinski definition) is 5. The summed E-state index contributed by atoms with van der Waals surface area (Å²) in [7, 11) is -2.92. The predicted molar refractivity (Wildman–Crippen MR) is 81.2 cm³/mol. The fourth-order valence-electron chi connectivity index (χ4n) is 1.56. The van der Waals surface area contributed by atoms with Gasteiger partial charge < -0.3 is 10.8 Å². The summed E-state index contributed by atoms with van der Waals surface area (Å²) in [4.78, 5) is 0. The monoisotopic (exact) mass is 303 g/mol. The third kappa shape index (κ3) is 7.57. The number of nitrogens with two attached hydrogens (primary N) is 1. The first kappa shape index (κ1) is 16.5. The smallest absolute Gasteiger partial charge is 0.148 e. The van der Waals surface area contributed by atoms with Crippen LogP contribution in [-0.2, 0) is 16.3 Å². The summed E-state index contributed by atoms with van der Waals surface area (Å²) in [5.74, 6) is 1.09. The normalized spacial score (nSPS) is 15.1. The number of aliphatic hydroxyl groups is 1. The lowest BCUT2D eigenvalue weighted by atomic mass is 10.0. The van der Waals surface area contributed by atoms with Crippen LogP contribution < -0.4 is 5.73 Å². The van der Waals surface area contributed by atoms with Crippen molar-refractivity contribution in [1.82, 2.24) is 0 Å². The first-order valence-electron chi connectivity index (χ1n) is 6.11. The summed E-state index contributed by atoms with van der Waals surface area (Å²) >= 11 is 1.42. The van der Waals surface area contributed by atoms with Crippen LogP contribution in [-0.4, -0.2) is 49.2 Å². The van der Waals surface area contributed by atoms with Gasteiger partial charge in [-0.25, -0.2) is 8.42 Å². The highest BCUT2D eigenvalue weighted by Gasteiger charge is 2.15. The van der Waals surface area contributed by atoms with Gasteiger partial charge >= 0.3 is 0 Å². The topological polar surface area (TPSA) is 80.4 Å². The molecule has 0 radical (unpaired) electrons. The summed E-state index contributed by atoms with van der Waals surface area (Å²) in [6.07, 6.45) is 1.21. The lowest BCUT2D eigenvalue weighted by Crippen LogP contribution is -2.38. The minimum atomic E-state index is -2.92. The van der Waals surface area contributed by atoms with Crippen LogP contribution in [0.15, 0.2) is 30.3 Å². The Morgan fingerprint density at radius 3 is 2.53 bits per heavy atom. The number of thioether (sulfide) groups is 1. The van der Waals surface area contributed by atoms with Gasteiger partial charge in [0.25, 0.3) is 0 Å². The largest absolute Gasteiger partial charge is 0.391 e. The van der Waals surface area contributed by atoms with Crippen LogP contribution in [0.25, 0.3) is 0 Å². The molecule has 0 aliphatic carbocycles. The molecule has 0 saturated heterocycles. The zero-order chi connectivity index (χ0) is 14.3. The Hall–Kier alpha value is -0.560. The van der Waals surface area contributed by atoms with Gasteiger partial charge in [0.15, 0.2) is 0 Å². The van der Waals surface area contributed by atoms with Crippen LogP contribution in [0.4, 0.5) is 0 Å². The Bertz CT molecular complexity index is 462. The fraction of sp³-hybridized carbons (Fsp3) is 0.538. The first-order valence-corrected chi connectivity index (χ1v) is 9.33. The molecule has 19 heavy (non-hydrogen) atoms. The summed E-state index contributed by atoms with van der Waals surface area (Å²) in [6, 6.07) is 9.44. The lowest BCUT2D eigenvalue weighted by Gasteiger charge is -2.18. The molecule has 6 heteroatoms. The van der Waals surface area contributed by atoms with Crippen LogP contribution in [0.5, 0.6) is 0 Å². The van der Waals surface area contributed by atoms with Crippen LogP contribution in [0.1, 0.15) is 5.56 Å². The van der Waals surface area contributed by atoms with E-state index < -0.39 is 15.9 Å². The lowest BCUT2D eigenvalue weighted by molar-refractivity contribution is 0.168. The molecule has 1 aromatic rings. The highest BCUT2D eigenvalue weighted by atomic mass is 32.2. The Balaban J connectivity index is 2.27. The van der Waals surface area contributed by atoms with Gasteiger partial charge in [-0.3, -0.25) is 0 Å². The maximum Gasteiger partial charge on any atom is 0.148 e. The maximum absolute atomic E-state index is 11.0.